The molecule has 36 heavy (non-hydrogen) atoms. The van der Waals surface area contributed by atoms with Crippen LogP contribution in [0.15, 0.2) is 73.8 Å². The Morgan fingerprint density at radius 2 is 1.03 bits per heavy atom. The number of unbranched alkanes of at least 4 members (excludes halogenated alkanes) is 10. The summed E-state index contributed by atoms with van der Waals surface area (Å²) >= 11 is 0. The lowest BCUT2D eigenvalue weighted by Gasteiger charge is -2.41. The third kappa shape index (κ3) is 12.2. The highest BCUT2D eigenvalue weighted by molar-refractivity contribution is 8.94. The number of hydrogen-bond acceptors (Lipinski definition) is 1. The van der Waals surface area contributed by atoms with Gasteiger partial charge < -0.3 is 0 Å². The third-order valence-electron chi connectivity index (χ3n) is 7.02. The maximum atomic E-state index is 4.59. The second kappa shape index (κ2) is 18.8. The van der Waals surface area contributed by atoms with Crippen LogP contribution in [0, 0.1) is 0 Å². The van der Waals surface area contributed by atoms with Crippen molar-refractivity contribution in [2.45, 2.75) is 90.9 Å². The predicted molar refractivity (Wildman–Crippen MR) is 172 cm³/mol. The molecule has 0 aliphatic carbocycles. The zero-order valence-electron chi connectivity index (χ0n) is 23.3. The van der Waals surface area contributed by atoms with Gasteiger partial charge in [0.05, 0.1) is 0 Å². The topological polar surface area (TPSA) is 0 Å². The zero-order valence-corrected chi connectivity index (χ0v) is 25.0. The van der Waals surface area contributed by atoms with E-state index in [-0.39, 0.29) is 0 Å². The molecule has 1 atom stereocenters. The van der Waals surface area contributed by atoms with Crippen molar-refractivity contribution < 1.29 is 0 Å². The summed E-state index contributed by atoms with van der Waals surface area (Å²) in [7, 11) is 1.38. The maximum Gasteiger partial charge on any atom is 0.0274 e. The van der Waals surface area contributed by atoms with Gasteiger partial charge in [0.25, 0.3) is 0 Å². The fourth-order valence-corrected chi connectivity index (χ4v) is 11.7. The SMILES string of the molecule is C=C(CSS(CCCC)(CCCCCCCCCCCC)CC(=C)c1ccccc1)c1ccccc1. The molecule has 2 aromatic carbocycles. The van der Waals surface area contributed by atoms with Gasteiger partial charge >= 0.3 is 0 Å². The monoisotopic (exact) mass is 524 g/mol. The van der Waals surface area contributed by atoms with Gasteiger partial charge in [-0.2, -0.15) is 9.06 Å². The molecule has 2 aromatic rings. The first-order chi connectivity index (χ1) is 17.6. The Balaban J connectivity index is 1.99. The van der Waals surface area contributed by atoms with Crippen LogP contribution in [0.3, 0.4) is 0 Å². The molecule has 0 aromatic heterocycles. The molecule has 200 valence electrons. The van der Waals surface area contributed by atoms with Crippen LogP contribution in [-0.4, -0.2) is 23.0 Å². The fraction of sp³-hybridized carbons (Fsp3) is 0.529. The summed E-state index contributed by atoms with van der Waals surface area (Å²) in [5.41, 5.74) is 5.19. The van der Waals surface area contributed by atoms with Crippen molar-refractivity contribution in [1.29, 1.82) is 0 Å². The Kier molecular flexibility index (Phi) is 16.1. The average Bonchev–Trinajstić information content (AvgIpc) is 2.92. The summed E-state index contributed by atoms with van der Waals surface area (Å²) < 4.78 is 0. The molecule has 0 bridgehead atoms. The summed E-state index contributed by atoms with van der Waals surface area (Å²) in [4.78, 5) is 0. The molecule has 0 aliphatic rings. The van der Waals surface area contributed by atoms with Gasteiger partial charge in [0.15, 0.2) is 0 Å². The van der Waals surface area contributed by atoms with E-state index in [0.717, 1.165) is 11.5 Å². The van der Waals surface area contributed by atoms with Crippen LogP contribution in [-0.2, 0) is 0 Å². The van der Waals surface area contributed by atoms with Crippen molar-refractivity contribution >= 4 is 31.0 Å². The van der Waals surface area contributed by atoms with Crippen molar-refractivity contribution in [3.05, 3.63) is 84.9 Å². The molecular weight excluding hydrogens is 473 g/mol. The molecule has 0 saturated heterocycles. The lowest BCUT2D eigenvalue weighted by molar-refractivity contribution is 0.563. The number of benzene rings is 2. The van der Waals surface area contributed by atoms with Gasteiger partial charge in [-0.05, 0) is 46.6 Å². The van der Waals surface area contributed by atoms with Crippen LogP contribution >= 0.6 is 19.9 Å². The van der Waals surface area contributed by atoms with Crippen LogP contribution < -0.4 is 0 Å². The van der Waals surface area contributed by atoms with E-state index in [1.807, 2.05) is 0 Å². The first-order valence-electron chi connectivity index (χ1n) is 14.5. The van der Waals surface area contributed by atoms with Gasteiger partial charge in [0.1, 0.15) is 0 Å². The van der Waals surface area contributed by atoms with Crippen molar-refractivity contribution in [1.82, 2.24) is 0 Å². The van der Waals surface area contributed by atoms with Crippen molar-refractivity contribution in [2.24, 2.45) is 0 Å². The van der Waals surface area contributed by atoms with Crippen LogP contribution in [0.1, 0.15) is 102 Å². The van der Waals surface area contributed by atoms with Crippen LogP contribution in [0.2, 0.25) is 0 Å². The van der Waals surface area contributed by atoms with Crippen LogP contribution in [0.4, 0.5) is 0 Å². The highest BCUT2D eigenvalue weighted by atomic mass is 33.2. The second-order valence-corrected chi connectivity index (χ2v) is 16.6. The lowest BCUT2D eigenvalue weighted by atomic mass is 10.1. The van der Waals surface area contributed by atoms with E-state index in [0.29, 0.717) is 0 Å². The molecule has 0 fully saturated rings. The van der Waals surface area contributed by atoms with E-state index in [1.54, 1.807) is 0 Å². The molecule has 0 radical (unpaired) electrons. The summed E-state index contributed by atoms with van der Waals surface area (Å²) in [5.74, 6) is 4.89. The van der Waals surface area contributed by atoms with E-state index < -0.39 is 9.06 Å². The van der Waals surface area contributed by atoms with Crippen molar-refractivity contribution in [3.63, 3.8) is 0 Å². The largest absolute Gasteiger partial charge is 0.188 e. The predicted octanol–water partition coefficient (Wildman–Crippen LogP) is 11.6. The first kappa shape index (κ1) is 30.8. The first-order valence-corrected chi connectivity index (χ1v) is 18.1. The zero-order chi connectivity index (χ0) is 25.9. The molecule has 0 heterocycles. The van der Waals surface area contributed by atoms with Gasteiger partial charge in [0.2, 0.25) is 0 Å². The van der Waals surface area contributed by atoms with Crippen LogP contribution in [0.5, 0.6) is 0 Å². The van der Waals surface area contributed by atoms with Gasteiger partial charge in [-0.25, -0.2) is 0 Å². The smallest absolute Gasteiger partial charge is 0.0274 e. The molecule has 0 N–H and O–H groups in total. The standard InChI is InChI=1S/C34H52S2/c1-5-7-9-10-11-12-13-14-15-22-28-36(27-8-6-2,30-32(4)34-25-20-17-21-26-34)35-29-31(3)33-23-18-16-19-24-33/h16-21,23-26H,3-15,22,27-30H2,1-2H3. The van der Waals surface area contributed by atoms with E-state index in [4.69, 9.17) is 0 Å². The van der Waals surface area contributed by atoms with E-state index in [9.17, 15) is 0 Å². The molecule has 0 amide bonds. The molecule has 0 aliphatic heterocycles. The van der Waals surface area contributed by atoms with E-state index in [1.165, 1.54) is 111 Å². The lowest BCUT2D eigenvalue weighted by Crippen LogP contribution is -2.13. The van der Waals surface area contributed by atoms with Gasteiger partial charge in [-0.3, -0.25) is 0 Å². The fourth-order valence-electron chi connectivity index (χ4n) is 4.69. The average molecular weight is 525 g/mol. The minimum Gasteiger partial charge on any atom is -0.188 e. The maximum absolute atomic E-state index is 4.59. The van der Waals surface area contributed by atoms with E-state index in [2.05, 4.69) is 98.5 Å². The van der Waals surface area contributed by atoms with Gasteiger partial charge in [-0.15, -0.1) is 10.8 Å². The molecule has 2 rings (SSSR count). The van der Waals surface area contributed by atoms with Crippen molar-refractivity contribution in [2.75, 3.05) is 23.0 Å². The highest BCUT2D eigenvalue weighted by Gasteiger charge is 2.26. The molecule has 0 nitrogen and oxygen atoms in total. The molecule has 2 heteroatoms. The Morgan fingerprint density at radius 3 is 1.56 bits per heavy atom. The number of hydrogen-bond donors (Lipinski definition) is 0. The molecular formula is C34H52S2. The van der Waals surface area contributed by atoms with Gasteiger partial charge in [0, 0.05) is 11.5 Å². The van der Waals surface area contributed by atoms with Crippen molar-refractivity contribution in [3.8, 4) is 0 Å². The molecule has 0 saturated carbocycles. The molecule has 0 spiro atoms. The summed E-state index contributed by atoms with van der Waals surface area (Å²) in [5, 5.41) is 0. The Bertz CT molecular complexity index is 842. The second-order valence-electron chi connectivity index (χ2n) is 10.3. The Labute approximate surface area is 229 Å². The summed E-state index contributed by atoms with van der Waals surface area (Å²) in [6.45, 7) is 13.7. The minimum absolute atomic E-state index is 0.860. The highest BCUT2D eigenvalue weighted by Crippen LogP contribution is 2.63. The summed E-state index contributed by atoms with van der Waals surface area (Å²) in [6.07, 6.45) is 16.6. The molecule has 1 unspecified atom stereocenters. The quantitative estimate of drug-likeness (QED) is 0.116. The Hall–Kier alpha value is -1.38. The Morgan fingerprint density at radius 1 is 0.583 bits per heavy atom. The van der Waals surface area contributed by atoms with E-state index >= 15 is 0 Å². The minimum atomic E-state index is -0.860. The third-order valence-corrected chi connectivity index (χ3v) is 14.1. The normalized spacial score (nSPS) is 13.7. The van der Waals surface area contributed by atoms with Gasteiger partial charge in [-0.1, -0.05) is 152 Å². The summed E-state index contributed by atoms with van der Waals surface area (Å²) in [6, 6.07) is 21.6. The number of rotatable bonds is 21. The van der Waals surface area contributed by atoms with Crippen LogP contribution in [0.25, 0.3) is 11.1 Å².